The van der Waals surface area contributed by atoms with E-state index in [0.29, 0.717) is 20.5 Å². The van der Waals surface area contributed by atoms with Crippen LogP contribution in [0.5, 0.6) is 0 Å². The summed E-state index contributed by atoms with van der Waals surface area (Å²) in [6.07, 6.45) is 0. The SMILES string of the molecule is O=C(OCc1nnc(-c2ccc(Br)o2)o1)c1sc2cc(F)ccc2c1Cl. The molecule has 1 aromatic carbocycles. The molecular weight excluding hydrogens is 451 g/mol. The van der Waals surface area contributed by atoms with Gasteiger partial charge in [0.2, 0.25) is 0 Å². The first-order valence-corrected chi connectivity index (χ1v) is 9.13. The van der Waals surface area contributed by atoms with Gasteiger partial charge in [0.1, 0.15) is 10.7 Å². The van der Waals surface area contributed by atoms with Gasteiger partial charge in [0.05, 0.1) is 5.02 Å². The number of furan rings is 1. The predicted octanol–water partition coefficient (Wildman–Crippen LogP) is 5.46. The van der Waals surface area contributed by atoms with Crippen LogP contribution in [0.4, 0.5) is 4.39 Å². The number of hydrogen-bond acceptors (Lipinski definition) is 7. The summed E-state index contributed by atoms with van der Waals surface area (Å²) in [5, 5.41) is 8.44. The van der Waals surface area contributed by atoms with Crippen LogP contribution in [0, 0.1) is 5.82 Å². The van der Waals surface area contributed by atoms with Crippen molar-refractivity contribution >= 4 is 54.9 Å². The van der Waals surface area contributed by atoms with E-state index in [1.807, 2.05) is 0 Å². The number of thiophene rings is 1. The molecule has 0 radical (unpaired) electrons. The fourth-order valence-electron chi connectivity index (χ4n) is 2.20. The van der Waals surface area contributed by atoms with Gasteiger partial charge in [0, 0.05) is 10.1 Å². The van der Waals surface area contributed by atoms with E-state index in [4.69, 9.17) is 25.2 Å². The van der Waals surface area contributed by atoms with Gasteiger partial charge in [-0.05, 0) is 46.3 Å². The molecule has 4 aromatic rings. The van der Waals surface area contributed by atoms with Gasteiger partial charge in [-0.25, -0.2) is 9.18 Å². The molecule has 0 aliphatic carbocycles. The number of benzene rings is 1. The number of fused-ring (bicyclic) bond motifs is 1. The summed E-state index contributed by atoms with van der Waals surface area (Å²) in [7, 11) is 0. The van der Waals surface area contributed by atoms with Gasteiger partial charge in [-0.15, -0.1) is 21.5 Å². The van der Waals surface area contributed by atoms with Gasteiger partial charge in [-0.2, -0.15) is 0 Å². The first kappa shape index (κ1) is 17.2. The summed E-state index contributed by atoms with van der Waals surface area (Å²) in [5.41, 5.74) is 0. The minimum atomic E-state index is -0.655. The molecule has 26 heavy (non-hydrogen) atoms. The van der Waals surface area contributed by atoms with Crippen LogP contribution >= 0.6 is 38.9 Å². The number of esters is 1. The summed E-state index contributed by atoms with van der Waals surface area (Å²) in [6.45, 7) is -0.230. The maximum atomic E-state index is 13.3. The maximum absolute atomic E-state index is 13.3. The van der Waals surface area contributed by atoms with Crippen LogP contribution in [-0.2, 0) is 11.3 Å². The molecule has 0 fully saturated rings. The van der Waals surface area contributed by atoms with E-state index in [0.717, 1.165) is 11.3 Å². The summed E-state index contributed by atoms with van der Waals surface area (Å²) < 4.78 is 30.2. The van der Waals surface area contributed by atoms with Gasteiger partial charge >= 0.3 is 5.97 Å². The number of carbonyl (C=O) groups excluding carboxylic acids is 1. The monoisotopic (exact) mass is 456 g/mol. The number of ether oxygens (including phenoxy) is 1. The average molecular weight is 458 g/mol. The molecule has 10 heteroatoms. The highest BCUT2D eigenvalue weighted by Crippen LogP contribution is 2.36. The molecule has 132 valence electrons. The first-order valence-electron chi connectivity index (χ1n) is 7.14. The van der Waals surface area contributed by atoms with Crippen LogP contribution in [0.2, 0.25) is 5.02 Å². The molecular formula is C16H7BrClFN2O4S. The van der Waals surface area contributed by atoms with E-state index in [9.17, 15) is 9.18 Å². The Bertz CT molecular complexity index is 1120. The summed E-state index contributed by atoms with van der Waals surface area (Å²) in [6, 6.07) is 7.46. The molecule has 0 unspecified atom stereocenters. The fraction of sp³-hybridized carbons (Fsp3) is 0.0625. The highest BCUT2D eigenvalue weighted by Gasteiger charge is 2.20. The van der Waals surface area contributed by atoms with Crippen molar-refractivity contribution in [2.24, 2.45) is 0 Å². The summed E-state index contributed by atoms with van der Waals surface area (Å²) in [5.74, 6) is -0.409. The van der Waals surface area contributed by atoms with E-state index in [1.165, 1.54) is 18.2 Å². The molecule has 0 atom stereocenters. The molecule has 3 heterocycles. The zero-order valence-corrected chi connectivity index (χ0v) is 15.8. The number of carbonyl (C=O) groups is 1. The quantitative estimate of drug-likeness (QED) is 0.379. The summed E-state index contributed by atoms with van der Waals surface area (Å²) in [4.78, 5) is 12.5. The van der Waals surface area contributed by atoms with Crippen molar-refractivity contribution in [3.63, 3.8) is 0 Å². The van der Waals surface area contributed by atoms with Gasteiger partial charge < -0.3 is 13.6 Å². The van der Waals surface area contributed by atoms with E-state index < -0.39 is 11.8 Å². The van der Waals surface area contributed by atoms with E-state index in [-0.39, 0.29) is 28.3 Å². The van der Waals surface area contributed by atoms with E-state index in [2.05, 4.69) is 26.1 Å². The van der Waals surface area contributed by atoms with Crippen LogP contribution in [0.25, 0.3) is 21.7 Å². The van der Waals surface area contributed by atoms with Crippen molar-refractivity contribution in [3.05, 3.63) is 56.6 Å². The van der Waals surface area contributed by atoms with E-state index >= 15 is 0 Å². The zero-order valence-electron chi connectivity index (χ0n) is 12.7. The molecule has 0 saturated carbocycles. The molecule has 6 nitrogen and oxygen atoms in total. The Morgan fingerprint density at radius 2 is 2.12 bits per heavy atom. The predicted molar refractivity (Wildman–Crippen MR) is 95.6 cm³/mol. The normalized spacial score (nSPS) is 11.2. The smallest absolute Gasteiger partial charge is 0.350 e. The molecule has 0 amide bonds. The first-order chi connectivity index (χ1) is 12.5. The summed E-state index contributed by atoms with van der Waals surface area (Å²) >= 11 is 10.4. The third-order valence-corrected chi connectivity index (χ3v) is 5.42. The molecule has 0 spiro atoms. The van der Waals surface area contributed by atoms with Crippen LogP contribution in [-0.4, -0.2) is 16.2 Å². The Morgan fingerprint density at radius 1 is 1.27 bits per heavy atom. The van der Waals surface area contributed by atoms with Crippen LogP contribution in [0.1, 0.15) is 15.6 Å². The topological polar surface area (TPSA) is 78.4 Å². The Labute approximate surface area is 162 Å². The maximum Gasteiger partial charge on any atom is 0.350 e. The number of halogens is 3. The third-order valence-electron chi connectivity index (χ3n) is 3.35. The lowest BCUT2D eigenvalue weighted by molar-refractivity contribution is 0.0444. The highest BCUT2D eigenvalue weighted by atomic mass is 79.9. The van der Waals surface area contributed by atoms with Crippen LogP contribution in [0.3, 0.4) is 0 Å². The standard InChI is InChI=1S/C16H7BrClFN2O4S/c17-11-4-3-9(24-11)15-21-20-12(25-15)6-23-16(22)14-13(18)8-2-1-7(19)5-10(8)26-14/h1-5H,6H2. The molecule has 4 rings (SSSR count). The molecule has 0 aliphatic heterocycles. The minimum Gasteiger partial charge on any atom is -0.451 e. The average Bonchev–Trinajstić information content (AvgIpc) is 3.32. The molecule has 3 aromatic heterocycles. The number of hydrogen-bond donors (Lipinski definition) is 0. The second-order valence-electron chi connectivity index (χ2n) is 5.07. The molecule has 0 saturated heterocycles. The van der Waals surface area contributed by atoms with Crippen molar-refractivity contribution in [3.8, 4) is 11.7 Å². The van der Waals surface area contributed by atoms with Gasteiger partial charge in [0.15, 0.2) is 17.0 Å². The Morgan fingerprint density at radius 3 is 2.88 bits per heavy atom. The van der Waals surface area contributed by atoms with Crippen molar-refractivity contribution in [1.29, 1.82) is 0 Å². The van der Waals surface area contributed by atoms with Crippen LogP contribution < -0.4 is 0 Å². The van der Waals surface area contributed by atoms with Gasteiger partial charge in [-0.3, -0.25) is 0 Å². The number of rotatable bonds is 4. The second-order valence-corrected chi connectivity index (χ2v) is 7.28. The number of nitrogens with zero attached hydrogens (tertiary/aromatic N) is 2. The largest absolute Gasteiger partial charge is 0.451 e. The van der Waals surface area contributed by atoms with E-state index in [1.54, 1.807) is 12.1 Å². The lowest BCUT2D eigenvalue weighted by Crippen LogP contribution is -2.04. The lowest BCUT2D eigenvalue weighted by atomic mass is 10.2. The number of aromatic nitrogens is 2. The molecule has 0 N–H and O–H groups in total. The second kappa shape index (κ2) is 6.82. The minimum absolute atomic E-state index is 0.101. The molecule has 0 bridgehead atoms. The van der Waals surface area contributed by atoms with Crippen molar-refractivity contribution < 1.29 is 22.8 Å². The Kier molecular flexibility index (Phi) is 4.51. The molecule has 0 aliphatic rings. The lowest BCUT2D eigenvalue weighted by Gasteiger charge is -1.99. The zero-order chi connectivity index (χ0) is 18.3. The van der Waals surface area contributed by atoms with Crippen molar-refractivity contribution in [2.75, 3.05) is 0 Å². The van der Waals surface area contributed by atoms with Crippen molar-refractivity contribution in [1.82, 2.24) is 10.2 Å². The Hall–Kier alpha value is -2.23. The third kappa shape index (κ3) is 3.25. The highest BCUT2D eigenvalue weighted by molar-refractivity contribution is 9.10. The van der Waals surface area contributed by atoms with Gasteiger partial charge in [0.25, 0.3) is 11.8 Å². The van der Waals surface area contributed by atoms with Crippen LogP contribution in [0.15, 0.2) is 43.8 Å². The fourth-order valence-corrected chi connectivity index (χ4v) is 3.94. The van der Waals surface area contributed by atoms with Gasteiger partial charge in [-0.1, -0.05) is 11.6 Å². The van der Waals surface area contributed by atoms with Crippen molar-refractivity contribution in [2.45, 2.75) is 6.61 Å². The Balaban J connectivity index is 1.49.